The lowest BCUT2D eigenvalue weighted by molar-refractivity contribution is -0.121. The van der Waals surface area contributed by atoms with E-state index in [1.807, 2.05) is 31.1 Å². The lowest BCUT2D eigenvalue weighted by Crippen LogP contribution is -2.51. The molecule has 0 bridgehead atoms. The van der Waals surface area contributed by atoms with E-state index in [-0.39, 0.29) is 11.9 Å². The molecular weight excluding hydrogens is 250 g/mol. The second kappa shape index (κ2) is 5.44. The number of carbonyl (C=O) groups is 1. The molecule has 2 aliphatic rings. The Kier molecular flexibility index (Phi) is 3.66. The standard InChI is InChI=1S/C16H23N3O/c1-18(2)13-5-3-6-14(11-13)19-10-4-7-15(16(19)20)17-12-8-9-12/h3,5-6,11-12,15,17H,4,7-10H2,1-2H3. The zero-order chi connectivity index (χ0) is 14.1. The van der Waals surface area contributed by atoms with Crippen LogP contribution in [0.15, 0.2) is 24.3 Å². The zero-order valence-electron chi connectivity index (χ0n) is 12.3. The highest BCUT2D eigenvalue weighted by atomic mass is 16.2. The Labute approximate surface area is 120 Å². The van der Waals surface area contributed by atoms with Crippen LogP contribution in [-0.2, 0) is 4.79 Å². The van der Waals surface area contributed by atoms with Crippen LogP contribution in [0.2, 0.25) is 0 Å². The number of carbonyl (C=O) groups excluding carboxylic acids is 1. The van der Waals surface area contributed by atoms with Crippen molar-refractivity contribution in [3.8, 4) is 0 Å². The predicted molar refractivity (Wildman–Crippen MR) is 82.3 cm³/mol. The Morgan fingerprint density at radius 2 is 2.05 bits per heavy atom. The van der Waals surface area contributed by atoms with E-state index in [2.05, 4.69) is 22.3 Å². The molecule has 0 aromatic heterocycles. The van der Waals surface area contributed by atoms with Crippen LogP contribution in [0.1, 0.15) is 25.7 Å². The first-order valence-electron chi connectivity index (χ1n) is 7.50. The van der Waals surface area contributed by atoms with E-state index in [1.54, 1.807) is 0 Å². The highest BCUT2D eigenvalue weighted by molar-refractivity contribution is 5.98. The smallest absolute Gasteiger partial charge is 0.244 e. The summed E-state index contributed by atoms with van der Waals surface area (Å²) < 4.78 is 0. The summed E-state index contributed by atoms with van der Waals surface area (Å²) >= 11 is 0. The topological polar surface area (TPSA) is 35.6 Å². The van der Waals surface area contributed by atoms with E-state index in [4.69, 9.17) is 0 Å². The maximum atomic E-state index is 12.6. The maximum Gasteiger partial charge on any atom is 0.244 e. The first-order chi connectivity index (χ1) is 9.65. The second-order valence-corrected chi connectivity index (χ2v) is 6.04. The van der Waals surface area contributed by atoms with Crippen LogP contribution in [0.25, 0.3) is 0 Å². The molecule has 0 spiro atoms. The van der Waals surface area contributed by atoms with Gasteiger partial charge in [-0.05, 0) is 43.9 Å². The molecule has 4 heteroatoms. The van der Waals surface area contributed by atoms with Crippen molar-refractivity contribution in [3.63, 3.8) is 0 Å². The maximum absolute atomic E-state index is 12.6. The highest BCUT2D eigenvalue weighted by Crippen LogP contribution is 2.27. The van der Waals surface area contributed by atoms with Crippen molar-refractivity contribution >= 4 is 17.3 Å². The summed E-state index contributed by atoms with van der Waals surface area (Å²) in [7, 11) is 4.04. The van der Waals surface area contributed by atoms with Crippen LogP contribution >= 0.6 is 0 Å². The van der Waals surface area contributed by atoms with Crippen LogP contribution in [-0.4, -0.2) is 38.6 Å². The van der Waals surface area contributed by atoms with Gasteiger partial charge in [-0.1, -0.05) is 6.07 Å². The van der Waals surface area contributed by atoms with E-state index in [0.717, 1.165) is 30.8 Å². The Morgan fingerprint density at radius 1 is 1.25 bits per heavy atom. The number of nitrogens with one attached hydrogen (secondary N) is 1. The number of piperidine rings is 1. The number of amides is 1. The van der Waals surface area contributed by atoms with Gasteiger partial charge in [-0.15, -0.1) is 0 Å². The molecule has 3 rings (SSSR count). The average molecular weight is 273 g/mol. The lowest BCUT2D eigenvalue weighted by atomic mass is 10.0. The summed E-state index contributed by atoms with van der Waals surface area (Å²) in [5.41, 5.74) is 2.15. The van der Waals surface area contributed by atoms with E-state index in [1.165, 1.54) is 12.8 Å². The highest BCUT2D eigenvalue weighted by Gasteiger charge is 2.33. The van der Waals surface area contributed by atoms with E-state index in [0.29, 0.717) is 6.04 Å². The zero-order valence-corrected chi connectivity index (χ0v) is 12.3. The molecule has 0 radical (unpaired) electrons. The summed E-state index contributed by atoms with van der Waals surface area (Å²) in [4.78, 5) is 16.6. The number of nitrogens with zero attached hydrogens (tertiary/aromatic N) is 2. The van der Waals surface area contributed by atoms with Gasteiger partial charge in [-0.2, -0.15) is 0 Å². The minimum Gasteiger partial charge on any atom is -0.378 e. The summed E-state index contributed by atoms with van der Waals surface area (Å²) in [6, 6.07) is 8.81. The molecule has 4 nitrogen and oxygen atoms in total. The van der Waals surface area contributed by atoms with Gasteiger partial charge in [0.1, 0.15) is 0 Å². The fraction of sp³-hybridized carbons (Fsp3) is 0.562. The van der Waals surface area contributed by atoms with Gasteiger partial charge in [0.25, 0.3) is 0 Å². The van der Waals surface area contributed by atoms with Crippen molar-refractivity contribution in [2.75, 3.05) is 30.4 Å². The Bertz CT molecular complexity index is 496. The Hall–Kier alpha value is -1.55. The molecule has 2 fully saturated rings. The molecule has 1 aromatic rings. The molecule has 1 aromatic carbocycles. The number of hydrogen-bond donors (Lipinski definition) is 1. The largest absolute Gasteiger partial charge is 0.378 e. The Balaban J connectivity index is 1.77. The van der Waals surface area contributed by atoms with Crippen LogP contribution in [0, 0.1) is 0 Å². The molecule has 1 saturated carbocycles. The van der Waals surface area contributed by atoms with E-state index < -0.39 is 0 Å². The van der Waals surface area contributed by atoms with Gasteiger partial charge in [0.05, 0.1) is 6.04 Å². The molecule has 20 heavy (non-hydrogen) atoms. The number of anilines is 2. The summed E-state index contributed by atoms with van der Waals surface area (Å²) in [5.74, 6) is 0.235. The van der Waals surface area contributed by atoms with Gasteiger partial charge >= 0.3 is 0 Å². The Morgan fingerprint density at radius 3 is 2.75 bits per heavy atom. The van der Waals surface area contributed by atoms with Crippen molar-refractivity contribution < 1.29 is 4.79 Å². The van der Waals surface area contributed by atoms with Gasteiger partial charge < -0.3 is 15.1 Å². The molecule has 1 unspecified atom stereocenters. The van der Waals surface area contributed by atoms with Crippen molar-refractivity contribution in [1.82, 2.24) is 5.32 Å². The summed E-state index contributed by atoms with van der Waals surface area (Å²) in [6.07, 6.45) is 4.49. The average Bonchev–Trinajstić information content (AvgIpc) is 3.25. The van der Waals surface area contributed by atoms with Gasteiger partial charge in [-0.3, -0.25) is 4.79 Å². The van der Waals surface area contributed by atoms with E-state index >= 15 is 0 Å². The van der Waals surface area contributed by atoms with Gasteiger partial charge in [0.15, 0.2) is 0 Å². The fourth-order valence-corrected chi connectivity index (χ4v) is 2.76. The molecule has 108 valence electrons. The van der Waals surface area contributed by atoms with Crippen molar-refractivity contribution in [1.29, 1.82) is 0 Å². The molecule has 1 aliphatic heterocycles. The van der Waals surface area contributed by atoms with Crippen molar-refractivity contribution in [2.24, 2.45) is 0 Å². The SMILES string of the molecule is CN(C)c1cccc(N2CCCC(NC3CC3)C2=O)c1. The normalized spacial score (nSPS) is 23.0. The number of benzene rings is 1. The molecular formula is C16H23N3O. The van der Waals surface area contributed by atoms with Gasteiger partial charge in [0, 0.05) is 38.1 Å². The minimum atomic E-state index is 0.0132. The second-order valence-electron chi connectivity index (χ2n) is 6.04. The fourth-order valence-electron chi connectivity index (χ4n) is 2.76. The minimum absolute atomic E-state index is 0.0132. The molecule has 1 atom stereocenters. The van der Waals surface area contributed by atoms with Crippen LogP contribution in [0.5, 0.6) is 0 Å². The predicted octanol–water partition coefficient (Wildman–Crippen LogP) is 2.00. The summed E-state index contributed by atoms with van der Waals surface area (Å²) in [6.45, 7) is 0.832. The third kappa shape index (κ3) is 2.80. The first-order valence-corrected chi connectivity index (χ1v) is 7.50. The number of hydrogen-bond acceptors (Lipinski definition) is 3. The molecule has 1 N–H and O–H groups in total. The molecule has 1 aliphatic carbocycles. The van der Waals surface area contributed by atoms with Crippen LogP contribution in [0.4, 0.5) is 11.4 Å². The third-order valence-electron chi connectivity index (χ3n) is 4.11. The molecule has 1 amide bonds. The number of rotatable bonds is 4. The van der Waals surface area contributed by atoms with Crippen molar-refractivity contribution in [3.05, 3.63) is 24.3 Å². The molecule has 1 saturated heterocycles. The molecule has 1 heterocycles. The van der Waals surface area contributed by atoms with E-state index in [9.17, 15) is 4.79 Å². The van der Waals surface area contributed by atoms with Gasteiger partial charge in [-0.25, -0.2) is 0 Å². The van der Waals surface area contributed by atoms with Crippen LogP contribution < -0.4 is 15.1 Å². The third-order valence-corrected chi connectivity index (χ3v) is 4.11. The first kappa shape index (κ1) is 13.4. The quantitative estimate of drug-likeness (QED) is 0.911. The van der Waals surface area contributed by atoms with Crippen molar-refractivity contribution in [2.45, 2.75) is 37.8 Å². The lowest BCUT2D eigenvalue weighted by Gasteiger charge is -2.33. The monoisotopic (exact) mass is 273 g/mol. The van der Waals surface area contributed by atoms with Crippen LogP contribution in [0.3, 0.4) is 0 Å². The summed E-state index contributed by atoms with van der Waals surface area (Å²) in [5, 5.41) is 3.48. The van der Waals surface area contributed by atoms with Gasteiger partial charge in [0.2, 0.25) is 5.91 Å².